The van der Waals surface area contributed by atoms with Gasteiger partial charge in [0.15, 0.2) is 0 Å². The summed E-state index contributed by atoms with van der Waals surface area (Å²) in [7, 11) is 1.61. The number of aromatic nitrogens is 2. The molecule has 1 heterocycles. The molecular weight excluding hydrogens is 336 g/mol. The number of anilines is 4. The second-order valence-corrected chi connectivity index (χ2v) is 6.06. The molecule has 0 saturated carbocycles. The topological polar surface area (TPSA) is 59.1 Å². The predicted molar refractivity (Wildman–Crippen MR) is 103 cm³/mol. The minimum absolute atomic E-state index is 0.469. The smallest absolute Gasteiger partial charge is 0.229 e. The molecule has 3 aromatic rings. The Morgan fingerprint density at radius 3 is 2.48 bits per heavy atom. The number of nitrogens with zero attached hydrogens (tertiary/aromatic N) is 2. The number of hydrogen-bond donors (Lipinski definition) is 2. The molecule has 0 radical (unpaired) electrons. The maximum absolute atomic E-state index is 6.08. The number of rotatable bonds is 5. The molecule has 6 heteroatoms. The van der Waals surface area contributed by atoms with E-state index in [1.54, 1.807) is 25.3 Å². The normalized spacial score (nSPS) is 10.4. The van der Waals surface area contributed by atoms with Crippen LogP contribution >= 0.6 is 11.6 Å². The fourth-order valence-corrected chi connectivity index (χ4v) is 2.61. The lowest BCUT2D eigenvalue weighted by Crippen LogP contribution is -2.04. The maximum Gasteiger partial charge on any atom is 0.229 e. The van der Waals surface area contributed by atoms with Gasteiger partial charge in [0.05, 0.1) is 12.8 Å². The molecular formula is C19H19ClN4O. The second kappa shape index (κ2) is 7.40. The zero-order valence-electron chi connectivity index (χ0n) is 14.3. The van der Waals surface area contributed by atoms with Crippen LogP contribution in [0.3, 0.4) is 0 Å². The van der Waals surface area contributed by atoms with Crippen LogP contribution < -0.4 is 15.4 Å². The van der Waals surface area contributed by atoms with E-state index in [4.69, 9.17) is 16.3 Å². The van der Waals surface area contributed by atoms with Crippen LogP contribution in [0, 0.1) is 13.8 Å². The molecule has 25 heavy (non-hydrogen) atoms. The van der Waals surface area contributed by atoms with E-state index in [2.05, 4.69) is 20.6 Å². The van der Waals surface area contributed by atoms with Gasteiger partial charge in [-0.2, -0.15) is 4.98 Å². The highest BCUT2D eigenvalue weighted by atomic mass is 35.5. The van der Waals surface area contributed by atoms with Crippen molar-refractivity contribution in [2.75, 3.05) is 17.7 Å². The van der Waals surface area contributed by atoms with E-state index in [1.807, 2.05) is 44.2 Å². The number of ether oxygens (including phenoxy) is 1. The Morgan fingerprint density at radius 1 is 0.920 bits per heavy atom. The summed E-state index contributed by atoms with van der Waals surface area (Å²) in [6.07, 6.45) is 0. The van der Waals surface area contributed by atoms with Crippen molar-refractivity contribution in [2.45, 2.75) is 13.8 Å². The fraction of sp³-hybridized carbons (Fsp3) is 0.158. The number of para-hydroxylation sites is 1. The molecule has 2 aromatic carbocycles. The highest BCUT2D eigenvalue weighted by molar-refractivity contribution is 6.31. The molecule has 2 N–H and O–H groups in total. The first-order valence-corrected chi connectivity index (χ1v) is 8.22. The van der Waals surface area contributed by atoms with Gasteiger partial charge in [-0.15, -0.1) is 0 Å². The largest absolute Gasteiger partial charge is 0.495 e. The summed E-state index contributed by atoms with van der Waals surface area (Å²) >= 11 is 6.08. The molecule has 0 aliphatic rings. The number of aryl methyl sites for hydroxylation is 2. The van der Waals surface area contributed by atoms with Crippen molar-refractivity contribution in [1.82, 2.24) is 9.97 Å². The Hall–Kier alpha value is -2.79. The van der Waals surface area contributed by atoms with Crippen LogP contribution in [0.5, 0.6) is 5.75 Å². The van der Waals surface area contributed by atoms with E-state index in [-0.39, 0.29) is 0 Å². The van der Waals surface area contributed by atoms with Crippen molar-refractivity contribution in [3.8, 4) is 5.75 Å². The Morgan fingerprint density at radius 2 is 1.72 bits per heavy atom. The minimum Gasteiger partial charge on any atom is -0.495 e. The van der Waals surface area contributed by atoms with Gasteiger partial charge in [0.25, 0.3) is 0 Å². The fourth-order valence-electron chi connectivity index (χ4n) is 2.44. The van der Waals surface area contributed by atoms with Crippen LogP contribution in [0.4, 0.5) is 23.1 Å². The van der Waals surface area contributed by atoms with Gasteiger partial charge in [0, 0.05) is 22.5 Å². The van der Waals surface area contributed by atoms with Gasteiger partial charge in [-0.05, 0) is 43.7 Å². The van der Waals surface area contributed by atoms with Gasteiger partial charge in [0.1, 0.15) is 11.6 Å². The van der Waals surface area contributed by atoms with E-state index < -0.39 is 0 Å². The summed E-state index contributed by atoms with van der Waals surface area (Å²) in [5.41, 5.74) is 3.70. The summed E-state index contributed by atoms with van der Waals surface area (Å²) < 4.78 is 5.35. The number of halogens is 1. The van der Waals surface area contributed by atoms with Crippen LogP contribution in [0.2, 0.25) is 5.02 Å². The van der Waals surface area contributed by atoms with Gasteiger partial charge in [-0.3, -0.25) is 0 Å². The van der Waals surface area contributed by atoms with Crippen LogP contribution in [0.25, 0.3) is 0 Å². The first kappa shape index (κ1) is 17.0. The van der Waals surface area contributed by atoms with E-state index in [9.17, 15) is 0 Å². The zero-order valence-corrected chi connectivity index (χ0v) is 15.1. The summed E-state index contributed by atoms with van der Waals surface area (Å²) in [4.78, 5) is 8.98. The third-order valence-corrected chi connectivity index (χ3v) is 3.91. The summed E-state index contributed by atoms with van der Waals surface area (Å²) in [6.45, 7) is 3.97. The molecule has 5 nitrogen and oxygen atoms in total. The molecule has 0 aliphatic heterocycles. The van der Waals surface area contributed by atoms with Crippen LogP contribution in [-0.2, 0) is 0 Å². The van der Waals surface area contributed by atoms with E-state index in [0.717, 1.165) is 16.9 Å². The van der Waals surface area contributed by atoms with Gasteiger partial charge in [-0.25, -0.2) is 4.98 Å². The summed E-state index contributed by atoms with van der Waals surface area (Å²) in [5, 5.41) is 7.11. The molecule has 1 aromatic heterocycles. The molecule has 0 unspecified atom stereocenters. The Labute approximate surface area is 152 Å². The molecule has 0 atom stereocenters. The standard InChI is InChI=1S/C19H19ClN4O/c1-12-6-4-5-7-15(12)22-18-10-13(2)21-19(24-18)23-16-11-14(20)8-9-17(16)25-3/h4-11H,1-3H3,(H2,21,22,23,24). The van der Waals surface area contributed by atoms with Crippen molar-refractivity contribution < 1.29 is 4.74 Å². The van der Waals surface area contributed by atoms with Crippen LogP contribution in [0.1, 0.15) is 11.3 Å². The predicted octanol–water partition coefficient (Wildman–Crippen LogP) is 5.24. The van der Waals surface area contributed by atoms with E-state index in [0.29, 0.717) is 28.2 Å². The molecule has 128 valence electrons. The van der Waals surface area contributed by atoms with Gasteiger partial charge < -0.3 is 15.4 Å². The first-order valence-electron chi connectivity index (χ1n) is 7.84. The molecule has 0 amide bonds. The van der Waals surface area contributed by atoms with Gasteiger partial charge in [0.2, 0.25) is 5.95 Å². The third kappa shape index (κ3) is 4.19. The molecule has 0 spiro atoms. The monoisotopic (exact) mass is 354 g/mol. The van der Waals surface area contributed by atoms with Crippen molar-refractivity contribution in [3.63, 3.8) is 0 Å². The molecule has 3 rings (SSSR count). The number of nitrogens with one attached hydrogen (secondary N) is 2. The lowest BCUT2D eigenvalue weighted by Gasteiger charge is -2.13. The SMILES string of the molecule is COc1ccc(Cl)cc1Nc1nc(C)cc(Nc2ccccc2C)n1. The number of hydrogen-bond acceptors (Lipinski definition) is 5. The highest BCUT2D eigenvalue weighted by Gasteiger charge is 2.08. The average Bonchev–Trinajstić information content (AvgIpc) is 2.57. The lowest BCUT2D eigenvalue weighted by atomic mass is 10.2. The highest BCUT2D eigenvalue weighted by Crippen LogP contribution is 2.30. The maximum atomic E-state index is 6.08. The van der Waals surface area contributed by atoms with Gasteiger partial charge >= 0.3 is 0 Å². The first-order chi connectivity index (χ1) is 12.0. The minimum atomic E-state index is 0.469. The van der Waals surface area contributed by atoms with Crippen molar-refractivity contribution >= 4 is 34.7 Å². The third-order valence-electron chi connectivity index (χ3n) is 3.67. The van der Waals surface area contributed by atoms with Gasteiger partial charge in [-0.1, -0.05) is 29.8 Å². The Balaban J connectivity index is 1.90. The van der Waals surface area contributed by atoms with Crippen molar-refractivity contribution in [3.05, 3.63) is 64.8 Å². The second-order valence-electron chi connectivity index (χ2n) is 5.63. The van der Waals surface area contributed by atoms with Crippen LogP contribution in [0.15, 0.2) is 48.5 Å². The number of benzene rings is 2. The Bertz CT molecular complexity index is 898. The van der Waals surface area contributed by atoms with Crippen LogP contribution in [-0.4, -0.2) is 17.1 Å². The summed E-state index contributed by atoms with van der Waals surface area (Å²) in [6, 6.07) is 15.3. The molecule has 0 aliphatic carbocycles. The molecule has 0 bridgehead atoms. The quantitative estimate of drug-likeness (QED) is 0.656. The van der Waals surface area contributed by atoms with E-state index in [1.165, 1.54) is 0 Å². The molecule has 0 fully saturated rings. The Kier molecular flexibility index (Phi) is 5.05. The zero-order chi connectivity index (χ0) is 17.8. The number of methoxy groups -OCH3 is 1. The van der Waals surface area contributed by atoms with E-state index >= 15 is 0 Å². The summed E-state index contributed by atoms with van der Waals surface area (Å²) in [5.74, 6) is 1.85. The average molecular weight is 355 g/mol. The van der Waals surface area contributed by atoms with Crippen molar-refractivity contribution in [2.24, 2.45) is 0 Å². The molecule has 0 saturated heterocycles. The lowest BCUT2D eigenvalue weighted by molar-refractivity contribution is 0.417. The van der Waals surface area contributed by atoms with Crippen molar-refractivity contribution in [1.29, 1.82) is 0 Å².